The fourth-order valence-corrected chi connectivity index (χ4v) is 2.87. The highest BCUT2D eigenvalue weighted by molar-refractivity contribution is 14.1. The fraction of sp³-hybridized carbons (Fsp3) is 0.333. The van der Waals surface area contributed by atoms with Gasteiger partial charge >= 0.3 is 0 Å². The zero-order valence-electron chi connectivity index (χ0n) is 13.2. The number of halogens is 1. The predicted molar refractivity (Wildman–Crippen MR) is 97.2 cm³/mol. The first-order valence-corrected chi connectivity index (χ1v) is 8.34. The van der Waals surface area contributed by atoms with Crippen LogP contribution in [0, 0.1) is 17.4 Å². The number of hydrogen-bond donors (Lipinski definition) is 0. The van der Waals surface area contributed by atoms with Crippen molar-refractivity contribution in [1.82, 2.24) is 0 Å². The molecule has 0 aliphatic heterocycles. The Morgan fingerprint density at radius 2 is 1.41 bits per heavy atom. The summed E-state index contributed by atoms with van der Waals surface area (Å²) in [5.74, 6) is 2.48. The van der Waals surface area contributed by atoms with E-state index < -0.39 is 0 Å². The number of methoxy groups -OCH3 is 1. The zero-order valence-corrected chi connectivity index (χ0v) is 15.3. The molecule has 0 radical (unpaired) electrons. The highest BCUT2D eigenvalue weighted by Crippen LogP contribution is 2.28. The summed E-state index contributed by atoms with van der Waals surface area (Å²) in [4.78, 5) is 0. The van der Waals surface area contributed by atoms with Gasteiger partial charge in [-0.2, -0.15) is 0 Å². The molecule has 0 aliphatic carbocycles. The Labute approximate surface area is 145 Å². The van der Waals surface area contributed by atoms with E-state index in [2.05, 4.69) is 41.6 Å². The molecule has 0 spiro atoms. The van der Waals surface area contributed by atoms with E-state index in [1.807, 2.05) is 31.2 Å². The lowest BCUT2D eigenvalue weighted by Gasteiger charge is -2.12. The van der Waals surface area contributed by atoms with Gasteiger partial charge in [-0.25, -0.2) is 0 Å². The third-order valence-electron chi connectivity index (χ3n) is 3.21. The predicted octanol–water partition coefficient (Wildman–Crippen LogP) is 4.76. The van der Waals surface area contributed by atoms with E-state index >= 15 is 0 Å². The third-order valence-corrected chi connectivity index (χ3v) is 4.05. The van der Waals surface area contributed by atoms with Gasteiger partial charge in [0, 0.05) is 6.42 Å². The molecule has 3 nitrogen and oxygen atoms in total. The maximum Gasteiger partial charge on any atom is 0.161 e. The van der Waals surface area contributed by atoms with Crippen LogP contribution in [0.2, 0.25) is 0 Å². The summed E-state index contributed by atoms with van der Waals surface area (Å²) in [6.45, 7) is 5.34. The van der Waals surface area contributed by atoms with Crippen LogP contribution in [0.1, 0.15) is 17.5 Å². The van der Waals surface area contributed by atoms with Crippen LogP contribution in [0.3, 0.4) is 0 Å². The molecule has 0 atom stereocenters. The minimum absolute atomic E-state index is 0.599. The first-order chi connectivity index (χ1) is 10.6. The molecular formula is C18H21IO3. The Balaban J connectivity index is 1.78. The molecule has 2 aromatic rings. The van der Waals surface area contributed by atoms with Gasteiger partial charge in [0.15, 0.2) is 11.5 Å². The minimum Gasteiger partial charge on any atom is -0.493 e. The van der Waals surface area contributed by atoms with Crippen LogP contribution in [-0.4, -0.2) is 20.3 Å². The van der Waals surface area contributed by atoms with Crippen molar-refractivity contribution in [3.63, 3.8) is 0 Å². The average Bonchev–Trinajstić information content (AvgIpc) is 2.50. The van der Waals surface area contributed by atoms with Gasteiger partial charge in [0.25, 0.3) is 0 Å². The van der Waals surface area contributed by atoms with Gasteiger partial charge in [-0.15, -0.1) is 0 Å². The van der Waals surface area contributed by atoms with Crippen molar-refractivity contribution in [1.29, 1.82) is 0 Å². The second-order valence-electron chi connectivity index (χ2n) is 5.14. The largest absolute Gasteiger partial charge is 0.493 e. The Morgan fingerprint density at radius 3 is 2.05 bits per heavy atom. The van der Waals surface area contributed by atoms with Crippen molar-refractivity contribution in [2.45, 2.75) is 20.3 Å². The van der Waals surface area contributed by atoms with E-state index in [4.69, 9.17) is 14.2 Å². The summed E-state index contributed by atoms with van der Waals surface area (Å²) in [6.07, 6.45) is 0.820. The first-order valence-electron chi connectivity index (χ1n) is 7.26. The molecule has 0 saturated carbocycles. The molecule has 2 rings (SSSR count). The van der Waals surface area contributed by atoms with Crippen molar-refractivity contribution < 1.29 is 14.2 Å². The lowest BCUT2D eigenvalue weighted by Crippen LogP contribution is -2.06. The zero-order chi connectivity index (χ0) is 15.9. The molecule has 0 unspecified atom stereocenters. The van der Waals surface area contributed by atoms with E-state index in [0.29, 0.717) is 13.2 Å². The monoisotopic (exact) mass is 412 g/mol. The quantitative estimate of drug-likeness (QED) is 0.485. The van der Waals surface area contributed by atoms with Crippen molar-refractivity contribution in [3.05, 3.63) is 51.1 Å². The van der Waals surface area contributed by atoms with Gasteiger partial charge in [-0.05, 0) is 71.8 Å². The van der Waals surface area contributed by atoms with Crippen LogP contribution in [0.4, 0.5) is 0 Å². The topological polar surface area (TPSA) is 27.7 Å². The molecule has 0 saturated heterocycles. The molecule has 0 fully saturated rings. The smallest absolute Gasteiger partial charge is 0.161 e. The summed E-state index contributed by atoms with van der Waals surface area (Å²) in [6, 6.07) is 12.1. The van der Waals surface area contributed by atoms with Crippen molar-refractivity contribution >= 4 is 22.6 Å². The van der Waals surface area contributed by atoms with Crippen molar-refractivity contribution in [2.75, 3.05) is 20.3 Å². The van der Waals surface area contributed by atoms with Crippen LogP contribution < -0.4 is 14.2 Å². The maximum absolute atomic E-state index is 5.79. The standard InChI is InChI=1S/C18H21IO3/c1-13-5-7-16(15(19)11-13)21-9-4-10-22-17-8-6-14(2)12-18(17)20-3/h5-8,11-12H,4,9-10H2,1-3H3. The molecule has 0 aromatic heterocycles. The van der Waals surface area contributed by atoms with Crippen LogP contribution in [0.25, 0.3) is 0 Å². The van der Waals surface area contributed by atoms with E-state index in [1.165, 1.54) is 5.56 Å². The molecule has 118 valence electrons. The number of hydrogen-bond acceptors (Lipinski definition) is 3. The summed E-state index contributed by atoms with van der Waals surface area (Å²) >= 11 is 2.30. The van der Waals surface area contributed by atoms with Gasteiger partial charge in [0.2, 0.25) is 0 Å². The molecule has 22 heavy (non-hydrogen) atoms. The summed E-state index contributed by atoms with van der Waals surface area (Å²) in [5, 5.41) is 0. The van der Waals surface area contributed by atoms with Crippen LogP contribution in [-0.2, 0) is 0 Å². The van der Waals surface area contributed by atoms with Gasteiger partial charge in [0.1, 0.15) is 5.75 Å². The lowest BCUT2D eigenvalue weighted by atomic mass is 10.2. The fourth-order valence-electron chi connectivity index (χ4n) is 2.04. The van der Waals surface area contributed by atoms with Gasteiger partial charge in [-0.3, -0.25) is 0 Å². The van der Waals surface area contributed by atoms with Crippen molar-refractivity contribution in [2.24, 2.45) is 0 Å². The third kappa shape index (κ3) is 4.80. The molecular weight excluding hydrogens is 391 g/mol. The van der Waals surface area contributed by atoms with Gasteiger partial charge in [0.05, 0.1) is 23.9 Å². The molecule has 0 heterocycles. The van der Waals surface area contributed by atoms with Gasteiger partial charge < -0.3 is 14.2 Å². The molecule has 2 aromatic carbocycles. The first kappa shape index (κ1) is 16.9. The highest BCUT2D eigenvalue weighted by atomic mass is 127. The Kier molecular flexibility index (Phi) is 6.36. The average molecular weight is 412 g/mol. The number of rotatable bonds is 7. The van der Waals surface area contributed by atoms with E-state index in [0.717, 1.165) is 32.8 Å². The number of aryl methyl sites for hydroxylation is 2. The Bertz CT molecular complexity index is 626. The Morgan fingerprint density at radius 1 is 0.818 bits per heavy atom. The minimum atomic E-state index is 0.599. The SMILES string of the molecule is COc1cc(C)ccc1OCCCOc1ccc(C)cc1I. The van der Waals surface area contributed by atoms with Crippen molar-refractivity contribution in [3.8, 4) is 17.2 Å². The molecule has 0 bridgehead atoms. The Hall–Kier alpha value is -1.43. The van der Waals surface area contributed by atoms with Crippen LogP contribution in [0.15, 0.2) is 36.4 Å². The molecule has 4 heteroatoms. The number of benzene rings is 2. The number of ether oxygens (including phenoxy) is 3. The lowest BCUT2D eigenvalue weighted by molar-refractivity contribution is 0.239. The molecule has 0 aliphatic rings. The second-order valence-corrected chi connectivity index (χ2v) is 6.30. The molecule has 0 amide bonds. The van der Waals surface area contributed by atoms with Crippen LogP contribution in [0.5, 0.6) is 17.2 Å². The summed E-state index contributed by atoms with van der Waals surface area (Å²) in [7, 11) is 1.66. The highest BCUT2D eigenvalue weighted by Gasteiger charge is 2.05. The van der Waals surface area contributed by atoms with E-state index in [1.54, 1.807) is 7.11 Å². The van der Waals surface area contributed by atoms with E-state index in [9.17, 15) is 0 Å². The van der Waals surface area contributed by atoms with Crippen LogP contribution >= 0.6 is 22.6 Å². The van der Waals surface area contributed by atoms with E-state index in [-0.39, 0.29) is 0 Å². The molecule has 0 N–H and O–H groups in total. The summed E-state index contributed by atoms with van der Waals surface area (Å²) in [5.41, 5.74) is 2.40. The normalized spacial score (nSPS) is 10.4. The van der Waals surface area contributed by atoms with Gasteiger partial charge in [-0.1, -0.05) is 12.1 Å². The summed E-state index contributed by atoms with van der Waals surface area (Å²) < 4.78 is 18.0. The maximum atomic E-state index is 5.79. The second kappa shape index (κ2) is 8.27.